The van der Waals surface area contributed by atoms with Crippen LogP contribution >= 0.6 is 0 Å². The third kappa shape index (κ3) is 6.83. The Morgan fingerprint density at radius 1 is 1.14 bits per heavy atom. The van der Waals surface area contributed by atoms with Crippen molar-refractivity contribution < 1.29 is 18.7 Å². The highest BCUT2D eigenvalue weighted by Gasteiger charge is 2.27. The van der Waals surface area contributed by atoms with E-state index < -0.39 is 17.8 Å². The van der Waals surface area contributed by atoms with Gasteiger partial charge in [-0.1, -0.05) is 62.9 Å². The highest BCUT2D eigenvalue weighted by molar-refractivity contribution is 5.81. The minimum absolute atomic E-state index is 0.0491. The van der Waals surface area contributed by atoms with Crippen molar-refractivity contribution in [2.45, 2.75) is 58.5 Å². The molecule has 1 aliphatic heterocycles. The number of ether oxygens (including phenoxy) is 1. The minimum atomic E-state index is -0.581. The molecule has 0 spiro atoms. The van der Waals surface area contributed by atoms with Crippen LogP contribution in [0.2, 0.25) is 0 Å². The third-order valence-corrected chi connectivity index (χ3v) is 6.82. The average Bonchev–Trinajstić information content (AvgIpc) is 3.38. The zero-order valence-electron chi connectivity index (χ0n) is 20.8. The Bertz CT molecular complexity index is 1030. The summed E-state index contributed by atoms with van der Waals surface area (Å²) in [6.07, 6.45) is 6.02. The molecule has 1 atom stereocenters. The summed E-state index contributed by atoms with van der Waals surface area (Å²) in [5, 5.41) is 2.72. The Morgan fingerprint density at radius 2 is 1.89 bits per heavy atom. The van der Waals surface area contributed by atoms with Crippen molar-refractivity contribution in [1.82, 2.24) is 20.7 Å². The van der Waals surface area contributed by atoms with E-state index in [1.54, 1.807) is 0 Å². The Balaban J connectivity index is 1.35. The fourth-order valence-corrected chi connectivity index (χ4v) is 4.59. The molecule has 1 aliphatic carbocycles. The van der Waals surface area contributed by atoms with Crippen LogP contribution in [0.4, 0.5) is 20.8 Å². The third-order valence-electron chi connectivity index (χ3n) is 6.82. The number of rotatable bonds is 11. The van der Waals surface area contributed by atoms with Crippen molar-refractivity contribution in [3.8, 4) is 0 Å². The molecule has 2 heterocycles. The summed E-state index contributed by atoms with van der Waals surface area (Å²) in [6, 6.07) is 9.40. The van der Waals surface area contributed by atoms with Crippen LogP contribution in [0.1, 0.15) is 56.8 Å². The molecule has 0 unspecified atom stereocenters. The molecular formula is C26H35FN6O3. The Kier molecular flexibility index (Phi) is 8.91. The first-order chi connectivity index (χ1) is 17.5. The quantitative estimate of drug-likeness (QED) is 0.403. The number of carbonyl (C=O) groups is 2. The number of hydrazine groups is 1. The van der Waals surface area contributed by atoms with Crippen LogP contribution in [0.25, 0.3) is 0 Å². The summed E-state index contributed by atoms with van der Waals surface area (Å²) in [5.74, 6) is -0.268. The minimum Gasteiger partial charge on any atom is -0.445 e. The largest absolute Gasteiger partial charge is 0.445 e. The molecule has 2 aromatic rings. The van der Waals surface area contributed by atoms with E-state index in [9.17, 15) is 9.59 Å². The summed E-state index contributed by atoms with van der Waals surface area (Å²) >= 11 is 0. The lowest BCUT2D eigenvalue weighted by atomic mass is 9.92. The molecular weight excluding hydrogens is 463 g/mol. The van der Waals surface area contributed by atoms with Gasteiger partial charge in [-0.25, -0.2) is 14.8 Å². The number of aromatic nitrogens is 2. The van der Waals surface area contributed by atoms with Gasteiger partial charge in [-0.05, 0) is 24.3 Å². The molecule has 1 saturated carbocycles. The first kappa shape index (κ1) is 25.7. The van der Waals surface area contributed by atoms with Crippen molar-refractivity contribution in [2.75, 3.05) is 30.0 Å². The van der Waals surface area contributed by atoms with Gasteiger partial charge in [0.1, 0.15) is 12.4 Å². The van der Waals surface area contributed by atoms with Gasteiger partial charge in [-0.15, -0.1) is 0 Å². The van der Waals surface area contributed by atoms with Crippen LogP contribution in [0.15, 0.2) is 30.3 Å². The number of hydrogen-bond acceptors (Lipinski definition) is 7. The summed E-state index contributed by atoms with van der Waals surface area (Å²) < 4.78 is 20.3. The van der Waals surface area contributed by atoms with Crippen molar-refractivity contribution >= 4 is 23.6 Å². The molecule has 4 rings (SSSR count). The second-order valence-electron chi connectivity index (χ2n) is 9.46. The maximum absolute atomic E-state index is 15.1. The molecule has 1 saturated heterocycles. The Hall–Kier alpha value is -3.43. The van der Waals surface area contributed by atoms with Gasteiger partial charge >= 0.3 is 6.09 Å². The van der Waals surface area contributed by atoms with Crippen LogP contribution in [-0.4, -0.2) is 41.6 Å². The number of nitrogens with zero attached hydrogens (tertiary/aromatic N) is 3. The molecule has 0 bridgehead atoms. The number of anilines is 2. The highest BCUT2D eigenvalue weighted by atomic mass is 19.1. The summed E-state index contributed by atoms with van der Waals surface area (Å²) in [7, 11) is 0. The predicted octanol–water partition coefficient (Wildman–Crippen LogP) is 3.95. The van der Waals surface area contributed by atoms with Crippen LogP contribution in [0.3, 0.4) is 0 Å². The molecule has 194 valence electrons. The molecule has 10 heteroatoms. The summed E-state index contributed by atoms with van der Waals surface area (Å²) in [4.78, 5) is 35.8. The van der Waals surface area contributed by atoms with E-state index in [1.807, 2.05) is 42.2 Å². The maximum Gasteiger partial charge on any atom is 0.407 e. The first-order valence-corrected chi connectivity index (χ1v) is 12.8. The van der Waals surface area contributed by atoms with Crippen molar-refractivity contribution in [1.29, 1.82) is 0 Å². The number of aryl methyl sites for hydroxylation is 1. The van der Waals surface area contributed by atoms with Crippen molar-refractivity contribution in [2.24, 2.45) is 11.8 Å². The number of alkyl carbamates (subject to hydrolysis) is 1. The van der Waals surface area contributed by atoms with E-state index in [1.165, 1.54) is 0 Å². The lowest BCUT2D eigenvalue weighted by molar-refractivity contribution is -0.124. The van der Waals surface area contributed by atoms with Crippen molar-refractivity contribution in [3.05, 3.63) is 47.5 Å². The van der Waals surface area contributed by atoms with E-state index in [4.69, 9.17) is 4.74 Å². The SMILES string of the molecule is CCc1nc(NNC(=O)[C@@H](CNC(=O)OCc2ccccc2)CC2CCCC2)c(F)c(N2CCC2)n1. The zero-order chi connectivity index (χ0) is 25.3. The van der Waals surface area contributed by atoms with Gasteiger partial charge in [0.25, 0.3) is 0 Å². The molecule has 1 aromatic heterocycles. The standard InChI is InChI=1S/C26H35FN6O3/c1-2-21-29-23(22(27)24(30-21)33-13-8-14-33)31-32-25(34)20(15-18-9-6-7-10-18)16-28-26(35)36-17-19-11-4-3-5-12-19/h3-5,11-12,18,20H,2,6-10,13-17H2,1H3,(H,28,35)(H,32,34)(H,29,30,31)/t20-/m1/s1. The van der Waals surface area contributed by atoms with Gasteiger partial charge in [-0.3, -0.25) is 15.6 Å². The lowest BCUT2D eigenvalue weighted by Gasteiger charge is -2.32. The topological polar surface area (TPSA) is 108 Å². The van der Waals surface area contributed by atoms with Gasteiger partial charge in [0.15, 0.2) is 11.6 Å². The monoisotopic (exact) mass is 498 g/mol. The van der Waals surface area contributed by atoms with Gasteiger partial charge < -0.3 is 15.0 Å². The summed E-state index contributed by atoms with van der Waals surface area (Å²) in [5.41, 5.74) is 6.18. The molecule has 36 heavy (non-hydrogen) atoms. The van der Waals surface area contributed by atoms with Crippen molar-refractivity contribution in [3.63, 3.8) is 0 Å². The number of benzene rings is 1. The second-order valence-corrected chi connectivity index (χ2v) is 9.46. The summed E-state index contributed by atoms with van der Waals surface area (Å²) in [6.45, 7) is 3.68. The number of halogens is 1. The molecule has 9 nitrogen and oxygen atoms in total. The zero-order valence-corrected chi connectivity index (χ0v) is 20.8. The van der Waals surface area contributed by atoms with Crippen LogP contribution in [-0.2, 0) is 22.6 Å². The van der Waals surface area contributed by atoms with Gasteiger partial charge in [0.2, 0.25) is 11.7 Å². The fourth-order valence-electron chi connectivity index (χ4n) is 4.59. The smallest absolute Gasteiger partial charge is 0.407 e. The average molecular weight is 499 g/mol. The maximum atomic E-state index is 15.1. The molecule has 3 N–H and O–H groups in total. The molecule has 1 aromatic carbocycles. The van der Waals surface area contributed by atoms with Crippen LogP contribution in [0.5, 0.6) is 0 Å². The van der Waals surface area contributed by atoms with E-state index >= 15 is 4.39 Å². The first-order valence-electron chi connectivity index (χ1n) is 12.8. The van der Waals surface area contributed by atoms with E-state index in [2.05, 4.69) is 26.1 Å². The Labute approximate surface area is 211 Å². The van der Waals surface area contributed by atoms with Crippen LogP contribution in [0, 0.1) is 17.7 Å². The molecule has 0 radical (unpaired) electrons. The predicted molar refractivity (Wildman–Crippen MR) is 135 cm³/mol. The van der Waals surface area contributed by atoms with E-state index in [0.717, 1.165) is 50.8 Å². The number of carbonyl (C=O) groups excluding carboxylic acids is 2. The Morgan fingerprint density at radius 3 is 2.56 bits per heavy atom. The number of amides is 2. The molecule has 2 aliphatic rings. The van der Waals surface area contributed by atoms with E-state index in [0.29, 0.717) is 24.6 Å². The molecule has 2 fully saturated rings. The normalized spacial score (nSPS) is 16.2. The van der Waals surface area contributed by atoms with Gasteiger partial charge in [-0.2, -0.15) is 4.39 Å². The fraction of sp³-hybridized carbons (Fsp3) is 0.538. The number of hydrogen-bond donors (Lipinski definition) is 3. The lowest BCUT2D eigenvalue weighted by Crippen LogP contribution is -2.42. The van der Waals surface area contributed by atoms with Crippen LogP contribution < -0.4 is 21.1 Å². The highest BCUT2D eigenvalue weighted by Crippen LogP contribution is 2.30. The van der Waals surface area contributed by atoms with Gasteiger partial charge in [0, 0.05) is 26.1 Å². The number of nitrogens with one attached hydrogen (secondary N) is 3. The second kappa shape index (κ2) is 12.5. The van der Waals surface area contributed by atoms with Gasteiger partial charge in [0.05, 0.1) is 5.92 Å². The molecule has 2 amide bonds. The van der Waals surface area contributed by atoms with E-state index in [-0.39, 0.29) is 30.7 Å².